The highest BCUT2D eigenvalue weighted by Gasteiger charge is 1.94. The van der Waals surface area contributed by atoms with E-state index >= 15 is 0 Å². The molecule has 0 rings (SSSR count). The molecule has 0 heterocycles. The van der Waals surface area contributed by atoms with E-state index in [1.165, 1.54) is 2.84 Å². The molecular weight excluding hydrogens is 253 g/mol. The number of nitrogens with zero attached hydrogens (tertiary/aromatic N) is 4. The van der Waals surface area contributed by atoms with Crippen molar-refractivity contribution in [1.29, 1.82) is 5.53 Å². The van der Waals surface area contributed by atoms with Gasteiger partial charge in [0.2, 0.25) is 12.0 Å². The highest BCUT2D eigenvalue weighted by Crippen LogP contribution is 1.97. The standard InChI is InChI=1S/C2H7IN5O2/c4-5-6-7-8(2-10)3-1-9/h4,9-10H,1-2H2/q+1/b5-4?,7-6+. The quantitative estimate of drug-likeness (QED) is 0.223. The SMILES string of the molecule is N=N/N=N/[N+](CO)=ICO. The van der Waals surface area contributed by atoms with Crippen LogP contribution >= 0.6 is 21.0 Å². The van der Waals surface area contributed by atoms with E-state index in [4.69, 9.17) is 15.7 Å². The van der Waals surface area contributed by atoms with Crippen molar-refractivity contribution in [3.8, 4) is 0 Å². The maximum atomic E-state index is 8.47. The Morgan fingerprint density at radius 2 is 2.20 bits per heavy atom. The Morgan fingerprint density at radius 1 is 1.50 bits per heavy atom. The van der Waals surface area contributed by atoms with E-state index in [2.05, 4.69) is 15.7 Å². The molecule has 8 heteroatoms. The second-order valence-electron chi connectivity index (χ2n) is 0.996. The van der Waals surface area contributed by atoms with Gasteiger partial charge >= 0.3 is 0 Å². The van der Waals surface area contributed by atoms with Crippen LogP contribution in [0, 0.1) is 5.53 Å². The van der Waals surface area contributed by atoms with Crippen molar-refractivity contribution in [2.75, 3.05) is 11.3 Å². The van der Waals surface area contributed by atoms with Crippen molar-refractivity contribution in [1.82, 2.24) is 0 Å². The van der Waals surface area contributed by atoms with Crippen molar-refractivity contribution in [3.63, 3.8) is 0 Å². The van der Waals surface area contributed by atoms with Crippen LogP contribution in [0.5, 0.6) is 0 Å². The Bertz CT molecular complexity index is 153. The minimum Gasteiger partial charge on any atom is -0.383 e. The molecule has 0 spiro atoms. The van der Waals surface area contributed by atoms with Crippen LogP contribution in [0.2, 0.25) is 0 Å². The van der Waals surface area contributed by atoms with Crippen LogP contribution < -0.4 is 0 Å². The summed E-state index contributed by atoms with van der Waals surface area (Å²) in [6, 6.07) is 0. The summed E-state index contributed by atoms with van der Waals surface area (Å²) >= 11 is -0.715. The summed E-state index contributed by atoms with van der Waals surface area (Å²) in [5.74, 6) is 0. The van der Waals surface area contributed by atoms with E-state index in [1.54, 1.807) is 0 Å². The Hall–Kier alpha value is -0.350. The Labute approximate surface area is 67.0 Å². The van der Waals surface area contributed by atoms with Gasteiger partial charge in [-0.25, -0.2) is 0 Å². The minimum absolute atomic E-state index is 0.0174. The topological polar surface area (TPSA) is 104 Å². The molecule has 0 saturated heterocycles. The average Bonchev–Trinajstić information content (AvgIpc) is 1.98. The van der Waals surface area contributed by atoms with Gasteiger partial charge in [0.05, 0.1) is 5.22 Å². The van der Waals surface area contributed by atoms with Crippen LogP contribution in [0.1, 0.15) is 0 Å². The zero-order valence-electron chi connectivity index (χ0n) is 4.98. The molecular formula is C2H7IN5O2+. The molecule has 0 aromatic heterocycles. The normalized spacial score (nSPS) is 13.2. The van der Waals surface area contributed by atoms with Crippen molar-refractivity contribution >= 4 is 21.0 Å². The van der Waals surface area contributed by atoms with Crippen LogP contribution in [0.3, 0.4) is 0 Å². The smallest absolute Gasteiger partial charge is 0.224 e. The second kappa shape index (κ2) is 6.77. The molecule has 0 atom stereocenters. The lowest BCUT2D eigenvalue weighted by Gasteiger charge is -1.83. The van der Waals surface area contributed by atoms with E-state index in [0.29, 0.717) is 0 Å². The predicted octanol–water partition coefficient (Wildman–Crippen LogP) is 0.366. The zero-order valence-corrected chi connectivity index (χ0v) is 7.13. The third-order valence-corrected chi connectivity index (χ3v) is 2.08. The van der Waals surface area contributed by atoms with Gasteiger partial charge in [-0.3, -0.25) is 0 Å². The van der Waals surface area contributed by atoms with Crippen molar-refractivity contribution in [2.24, 2.45) is 15.7 Å². The van der Waals surface area contributed by atoms with Gasteiger partial charge in [0.25, 0.3) is 0 Å². The van der Waals surface area contributed by atoms with Crippen molar-refractivity contribution in [3.05, 3.63) is 0 Å². The number of aliphatic hydroxyl groups excluding tert-OH is 2. The summed E-state index contributed by atoms with van der Waals surface area (Å²) in [5, 5.41) is 25.7. The molecule has 58 valence electrons. The highest BCUT2D eigenvalue weighted by molar-refractivity contribution is 14.1. The van der Waals surface area contributed by atoms with Gasteiger partial charge in [0, 0.05) is 0 Å². The summed E-state index contributed by atoms with van der Waals surface area (Å²) < 4.78 is 1.16. The van der Waals surface area contributed by atoms with Crippen LogP contribution in [0.15, 0.2) is 15.7 Å². The molecule has 10 heavy (non-hydrogen) atoms. The highest BCUT2D eigenvalue weighted by atomic mass is 127. The van der Waals surface area contributed by atoms with Gasteiger partial charge in [-0.1, -0.05) is 2.84 Å². The summed E-state index contributed by atoms with van der Waals surface area (Å²) in [7, 11) is 0. The Morgan fingerprint density at radius 3 is 2.60 bits per heavy atom. The molecule has 0 aliphatic rings. The summed E-state index contributed by atoms with van der Waals surface area (Å²) in [5.41, 5.74) is 6.21. The third-order valence-electron chi connectivity index (χ3n) is 0.490. The number of hydrogen-bond donors (Lipinski definition) is 3. The average molecular weight is 260 g/mol. The fourth-order valence-corrected chi connectivity index (χ4v) is 1.01. The fourth-order valence-electron chi connectivity index (χ4n) is 0.215. The molecule has 0 saturated carbocycles. The Balaban J connectivity index is 3.94. The predicted molar refractivity (Wildman–Crippen MR) is 38.5 cm³/mol. The number of aliphatic hydroxyl groups is 2. The molecule has 0 aliphatic heterocycles. The van der Waals surface area contributed by atoms with E-state index in [1.807, 2.05) is 0 Å². The maximum Gasteiger partial charge on any atom is 0.224 e. The van der Waals surface area contributed by atoms with Gasteiger partial charge in [0.1, 0.15) is 25.6 Å². The maximum absolute atomic E-state index is 8.47. The van der Waals surface area contributed by atoms with Gasteiger partial charge < -0.3 is 10.2 Å². The second-order valence-corrected chi connectivity index (χ2v) is 3.47. The Kier molecular flexibility index (Phi) is 6.53. The number of hydrogen-bond acceptors (Lipinski definition) is 4. The number of halogens is 1. The van der Waals surface area contributed by atoms with Crippen molar-refractivity contribution < 1.29 is 13.1 Å². The molecule has 0 aromatic carbocycles. The summed E-state index contributed by atoms with van der Waals surface area (Å²) in [6.07, 6.45) is 0. The number of nitrogens with one attached hydrogen (secondary N) is 1. The monoisotopic (exact) mass is 260 g/mol. The summed E-state index contributed by atoms with van der Waals surface area (Å²) in [4.78, 5) is 0. The first-order valence-corrected chi connectivity index (χ1v) is 4.70. The fraction of sp³-hybridized carbons (Fsp3) is 1.00. The van der Waals surface area contributed by atoms with Gasteiger partial charge in [0.15, 0.2) is 5.22 Å². The molecule has 0 radical (unpaired) electrons. The molecule has 0 aliphatic carbocycles. The third kappa shape index (κ3) is 4.52. The molecule has 0 unspecified atom stereocenters. The zero-order chi connectivity index (χ0) is 7.82. The number of alkyl halides is 1. The largest absolute Gasteiger partial charge is 0.383 e. The van der Waals surface area contributed by atoms with Gasteiger partial charge in [-0.05, 0) is 0 Å². The molecule has 7 nitrogen and oxygen atoms in total. The molecule has 0 bridgehead atoms. The van der Waals surface area contributed by atoms with Crippen LogP contribution in [0.4, 0.5) is 0 Å². The minimum atomic E-state index is -0.715. The molecule has 3 N–H and O–H groups in total. The molecule has 0 aromatic rings. The van der Waals surface area contributed by atoms with E-state index in [0.717, 1.165) is 0 Å². The van der Waals surface area contributed by atoms with Crippen LogP contribution in [-0.4, -0.2) is 24.4 Å². The lowest BCUT2D eigenvalue weighted by Crippen LogP contribution is -1.97. The lowest BCUT2D eigenvalue weighted by atomic mass is 11.4. The molecule has 0 amide bonds. The van der Waals surface area contributed by atoms with Crippen molar-refractivity contribution in [2.45, 2.75) is 0 Å². The number of rotatable bonds is 4. The van der Waals surface area contributed by atoms with E-state index < -0.39 is 21.0 Å². The van der Waals surface area contributed by atoms with Crippen LogP contribution in [0.25, 0.3) is 0 Å². The van der Waals surface area contributed by atoms with E-state index in [9.17, 15) is 0 Å². The first kappa shape index (κ1) is 9.65. The van der Waals surface area contributed by atoms with E-state index in [-0.39, 0.29) is 11.3 Å². The lowest BCUT2D eigenvalue weighted by molar-refractivity contribution is -0.529. The van der Waals surface area contributed by atoms with Gasteiger partial charge in [-0.15, -0.1) is 0 Å². The summed E-state index contributed by atoms with van der Waals surface area (Å²) in [6.45, 7) is -0.299. The van der Waals surface area contributed by atoms with Crippen LogP contribution in [-0.2, 0) is 0 Å². The molecule has 0 fully saturated rings. The first-order valence-electron chi connectivity index (χ1n) is 2.21. The first-order chi connectivity index (χ1) is 4.85. The van der Waals surface area contributed by atoms with Gasteiger partial charge in [-0.2, -0.15) is 5.53 Å².